The van der Waals surface area contributed by atoms with Crippen molar-refractivity contribution in [3.63, 3.8) is 0 Å². The molecule has 0 unspecified atom stereocenters. The topological polar surface area (TPSA) is 46.2 Å². The summed E-state index contributed by atoms with van der Waals surface area (Å²) in [5.74, 6) is 0. The van der Waals surface area contributed by atoms with Crippen LogP contribution in [0.5, 0.6) is 0 Å². The zero-order chi connectivity index (χ0) is 6.78. The summed E-state index contributed by atoms with van der Waals surface area (Å²) >= 11 is 4.85. The van der Waals surface area contributed by atoms with Crippen molar-refractivity contribution in [1.29, 1.82) is 0 Å². The number of sulfonamides is 1. The van der Waals surface area contributed by atoms with Crippen LogP contribution < -0.4 is 4.24 Å². The van der Waals surface area contributed by atoms with Gasteiger partial charge in [-0.3, -0.25) is 0 Å². The zero-order valence-corrected chi connectivity index (χ0v) is 6.25. The lowest BCUT2D eigenvalue weighted by atomic mass is 10.6. The van der Waals surface area contributed by atoms with Gasteiger partial charge in [0.25, 0.3) is 0 Å². The second kappa shape index (κ2) is 2.66. The first kappa shape index (κ1) is 8.20. The minimum Gasteiger partial charge on any atom is -0.211 e. The van der Waals surface area contributed by atoms with Crippen LogP contribution in [0.4, 0.5) is 0 Å². The van der Waals surface area contributed by atoms with Gasteiger partial charge < -0.3 is 0 Å². The van der Waals surface area contributed by atoms with Crippen molar-refractivity contribution in [1.82, 2.24) is 4.24 Å². The molecule has 0 aromatic carbocycles. The summed E-state index contributed by atoms with van der Waals surface area (Å²) < 4.78 is 22.6. The van der Waals surface area contributed by atoms with Gasteiger partial charge in [0.2, 0.25) is 10.0 Å². The van der Waals surface area contributed by atoms with Crippen LogP contribution in [0, 0.1) is 0 Å². The van der Waals surface area contributed by atoms with Crippen LogP contribution in [0.3, 0.4) is 0 Å². The highest BCUT2D eigenvalue weighted by Crippen LogP contribution is 1.95. The van der Waals surface area contributed by atoms with Crippen molar-refractivity contribution in [2.45, 2.75) is 19.1 Å². The molecular formula is C3H8ClNO2S. The van der Waals surface area contributed by atoms with Crippen LogP contribution in [0.2, 0.25) is 0 Å². The molecule has 0 rings (SSSR count). The molecule has 0 radical (unpaired) electrons. The van der Waals surface area contributed by atoms with E-state index in [0.717, 1.165) is 0 Å². The van der Waals surface area contributed by atoms with Crippen LogP contribution >= 0.6 is 11.8 Å². The van der Waals surface area contributed by atoms with Crippen molar-refractivity contribution in [3.8, 4) is 0 Å². The smallest absolute Gasteiger partial charge is 0.211 e. The maximum atomic E-state index is 10.5. The fourth-order valence-electron chi connectivity index (χ4n) is 0.0891. The number of rotatable bonds is 2. The van der Waals surface area contributed by atoms with E-state index in [9.17, 15) is 8.42 Å². The van der Waals surface area contributed by atoms with Gasteiger partial charge in [-0.1, -0.05) is 0 Å². The summed E-state index contributed by atoms with van der Waals surface area (Å²) in [6.07, 6.45) is 0. The molecule has 0 saturated heterocycles. The van der Waals surface area contributed by atoms with Gasteiger partial charge >= 0.3 is 0 Å². The van der Waals surface area contributed by atoms with E-state index in [4.69, 9.17) is 11.8 Å². The van der Waals surface area contributed by atoms with E-state index in [1.165, 1.54) is 0 Å². The van der Waals surface area contributed by atoms with Gasteiger partial charge in [-0.25, -0.2) is 8.42 Å². The molecule has 0 aromatic rings. The van der Waals surface area contributed by atoms with Gasteiger partial charge in [-0.15, -0.1) is 4.24 Å². The van der Waals surface area contributed by atoms with Gasteiger partial charge in [0.1, 0.15) is 0 Å². The fraction of sp³-hybridized carbons (Fsp3) is 1.00. The number of halogens is 1. The Kier molecular flexibility index (Phi) is 2.73. The van der Waals surface area contributed by atoms with E-state index in [1.807, 2.05) is 0 Å². The second-order valence-corrected chi connectivity index (χ2v) is 4.32. The summed E-state index contributed by atoms with van der Waals surface area (Å²) in [7, 11) is -3.22. The SMILES string of the molecule is CC(C)S(=O)(=O)NCl. The molecule has 50 valence electrons. The molecule has 0 fully saturated rings. The predicted octanol–water partition coefficient (Wildman–Crippen LogP) is 0.468. The van der Waals surface area contributed by atoms with Gasteiger partial charge in [0.05, 0.1) is 5.25 Å². The highest BCUT2D eigenvalue weighted by atomic mass is 35.5. The minimum absolute atomic E-state index is 0.458. The number of nitrogens with one attached hydrogen (secondary N) is 1. The summed E-state index contributed by atoms with van der Waals surface area (Å²) in [5.41, 5.74) is 0. The Bertz CT molecular complexity index is 151. The van der Waals surface area contributed by atoms with Crippen molar-refractivity contribution in [2.24, 2.45) is 0 Å². The maximum absolute atomic E-state index is 10.5. The maximum Gasteiger partial charge on any atom is 0.227 e. The molecule has 0 atom stereocenters. The Morgan fingerprint density at radius 1 is 1.50 bits per heavy atom. The quantitative estimate of drug-likeness (QED) is 0.593. The average molecular weight is 158 g/mol. The molecule has 0 aromatic heterocycles. The molecule has 0 amide bonds. The largest absolute Gasteiger partial charge is 0.227 e. The molecule has 0 heterocycles. The summed E-state index contributed by atoms with van der Waals surface area (Å²) in [6.45, 7) is 3.09. The van der Waals surface area contributed by atoms with Crippen molar-refractivity contribution < 1.29 is 8.42 Å². The molecule has 0 aliphatic rings. The molecule has 1 N–H and O–H groups in total. The Morgan fingerprint density at radius 2 is 1.88 bits per heavy atom. The molecule has 0 bridgehead atoms. The van der Waals surface area contributed by atoms with Crippen molar-refractivity contribution in [3.05, 3.63) is 0 Å². The molecule has 8 heavy (non-hydrogen) atoms. The molecule has 0 saturated carbocycles. The van der Waals surface area contributed by atoms with E-state index in [2.05, 4.69) is 0 Å². The monoisotopic (exact) mass is 157 g/mol. The van der Waals surface area contributed by atoms with Crippen LogP contribution in [0.25, 0.3) is 0 Å². The van der Waals surface area contributed by atoms with Crippen LogP contribution in [0.1, 0.15) is 13.8 Å². The van der Waals surface area contributed by atoms with Gasteiger partial charge in [0.15, 0.2) is 0 Å². The van der Waals surface area contributed by atoms with E-state index in [1.54, 1.807) is 18.1 Å². The predicted molar refractivity (Wildman–Crippen MR) is 33.0 cm³/mol. The fourth-order valence-corrected chi connectivity index (χ4v) is 0.802. The first-order chi connectivity index (χ1) is 3.50. The third kappa shape index (κ3) is 1.98. The van der Waals surface area contributed by atoms with Crippen LogP contribution in [-0.2, 0) is 10.0 Å². The van der Waals surface area contributed by atoms with Gasteiger partial charge in [0, 0.05) is 0 Å². The Hall–Kier alpha value is 0.200. The van der Waals surface area contributed by atoms with Gasteiger partial charge in [-0.2, -0.15) is 0 Å². The summed E-state index contributed by atoms with van der Waals surface area (Å²) in [5, 5.41) is -0.458. The van der Waals surface area contributed by atoms with Crippen molar-refractivity contribution >= 4 is 21.8 Å². The van der Waals surface area contributed by atoms with Crippen LogP contribution in [0.15, 0.2) is 0 Å². The lowest BCUT2D eigenvalue weighted by molar-refractivity contribution is 0.585. The van der Waals surface area contributed by atoms with E-state index in [0.29, 0.717) is 0 Å². The standard InChI is InChI=1S/C3H8ClNO2S/c1-3(2)8(6,7)5-4/h3,5H,1-2H3. The summed E-state index contributed by atoms with van der Waals surface area (Å²) in [4.78, 5) is 0. The van der Waals surface area contributed by atoms with Gasteiger partial charge in [-0.05, 0) is 25.6 Å². The molecular weight excluding hydrogens is 150 g/mol. The average Bonchev–Trinajstić information content (AvgIpc) is 1.67. The molecule has 0 aliphatic heterocycles. The molecule has 0 spiro atoms. The Balaban J connectivity index is 4.17. The Morgan fingerprint density at radius 3 is 1.88 bits per heavy atom. The molecule has 0 aliphatic carbocycles. The van der Waals surface area contributed by atoms with E-state index >= 15 is 0 Å². The van der Waals surface area contributed by atoms with Crippen molar-refractivity contribution in [2.75, 3.05) is 0 Å². The normalized spacial score (nSPS) is 12.5. The number of hydrogen-bond donors (Lipinski definition) is 1. The summed E-state index contributed by atoms with van der Waals surface area (Å²) in [6, 6.07) is 0. The molecule has 3 nitrogen and oxygen atoms in total. The first-order valence-electron chi connectivity index (χ1n) is 2.12. The third-order valence-corrected chi connectivity index (χ3v) is 2.83. The van der Waals surface area contributed by atoms with E-state index in [-0.39, 0.29) is 0 Å². The second-order valence-electron chi connectivity index (χ2n) is 1.67. The highest BCUT2D eigenvalue weighted by Gasteiger charge is 2.12. The highest BCUT2D eigenvalue weighted by molar-refractivity contribution is 7.90. The number of hydrogen-bond acceptors (Lipinski definition) is 2. The lowest BCUT2D eigenvalue weighted by Gasteiger charge is -2.00. The zero-order valence-electron chi connectivity index (χ0n) is 4.68. The Labute approximate surface area is 54.2 Å². The lowest BCUT2D eigenvalue weighted by Crippen LogP contribution is -2.23. The minimum atomic E-state index is -3.22. The molecule has 5 heteroatoms. The first-order valence-corrected chi connectivity index (χ1v) is 4.04. The van der Waals surface area contributed by atoms with E-state index < -0.39 is 15.3 Å². The van der Waals surface area contributed by atoms with Crippen LogP contribution in [-0.4, -0.2) is 13.7 Å². The third-order valence-electron chi connectivity index (χ3n) is 0.728.